The molecule has 5 rings (SSSR count). The first-order valence-electron chi connectivity index (χ1n) is 10.6. The quantitative estimate of drug-likeness (QED) is 0.660. The molecule has 1 saturated carbocycles. The lowest BCUT2D eigenvalue weighted by Gasteiger charge is -2.37. The van der Waals surface area contributed by atoms with Gasteiger partial charge in [0.15, 0.2) is 0 Å². The van der Waals surface area contributed by atoms with Crippen LogP contribution < -0.4 is 4.74 Å². The first-order chi connectivity index (χ1) is 14.2. The predicted octanol–water partition coefficient (Wildman–Crippen LogP) is 4.12. The Morgan fingerprint density at radius 2 is 1.79 bits per heavy atom. The second-order valence-corrected chi connectivity index (χ2v) is 8.56. The minimum atomic E-state index is 0.0992. The molecule has 1 aromatic carbocycles. The van der Waals surface area contributed by atoms with Crippen LogP contribution in [0.5, 0.6) is 5.88 Å². The number of nitrogens with zero attached hydrogens (tertiary/aromatic N) is 4. The van der Waals surface area contributed by atoms with E-state index in [1.54, 1.807) is 6.20 Å². The van der Waals surface area contributed by atoms with Crippen molar-refractivity contribution in [3.05, 3.63) is 78.2 Å². The van der Waals surface area contributed by atoms with E-state index in [9.17, 15) is 0 Å². The molecule has 2 fully saturated rings. The number of ether oxygens (including phenoxy) is 1. The summed E-state index contributed by atoms with van der Waals surface area (Å²) < 4.78 is 8.53. The molecule has 1 saturated heterocycles. The van der Waals surface area contributed by atoms with Crippen molar-refractivity contribution < 1.29 is 4.74 Å². The number of aromatic nitrogens is 3. The second-order valence-electron chi connectivity index (χ2n) is 8.56. The number of hydrogen-bond donors (Lipinski definition) is 0. The van der Waals surface area contributed by atoms with E-state index in [0.29, 0.717) is 17.7 Å². The van der Waals surface area contributed by atoms with E-state index in [1.165, 1.54) is 11.1 Å². The summed E-state index contributed by atoms with van der Waals surface area (Å²) in [6.07, 6.45) is 8.15. The van der Waals surface area contributed by atoms with Crippen LogP contribution in [0, 0.1) is 18.8 Å². The Bertz CT molecular complexity index is 926. The summed E-state index contributed by atoms with van der Waals surface area (Å²) in [5.41, 5.74) is 2.59. The van der Waals surface area contributed by atoms with Crippen molar-refractivity contribution in [3.8, 4) is 5.88 Å². The summed E-state index contributed by atoms with van der Waals surface area (Å²) in [6.45, 7) is 5.44. The Morgan fingerprint density at radius 3 is 2.52 bits per heavy atom. The SMILES string of the molecule is Cc1cnn([C@H]2C[C@H]3CN(Cc4ccccc4)C[C@H]3C[C@@H]2Oc2ccccn2)c1. The lowest BCUT2D eigenvalue weighted by atomic mass is 9.77. The van der Waals surface area contributed by atoms with E-state index >= 15 is 0 Å². The molecule has 0 N–H and O–H groups in total. The van der Waals surface area contributed by atoms with Gasteiger partial charge in [-0.3, -0.25) is 9.58 Å². The van der Waals surface area contributed by atoms with Gasteiger partial charge in [-0.2, -0.15) is 5.10 Å². The lowest BCUT2D eigenvalue weighted by molar-refractivity contribution is 0.0459. The molecule has 2 aromatic heterocycles. The van der Waals surface area contributed by atoms with Gasteiger partial charge in [0.25, 0.3) is 0 Å². The van der Waals surface area contributed by atoms with Crippen molar-refractivity contribution in [2.75, 3.05) is 13.1 Å². The highest BCUT2D eigenvalue weighted by Gasteiger charge is 2.44. The Kier molecular flexibility index (Phi) is 5.06. The molecule has 0 spiro atoms. The molecule has 1 aliphatic heterocycles. The van der Waals surface area contributed by atoms with Crippen molar-refractivity contribution in [1.29, 1.82) is 0 Å². The smallest absolute Gasteiger partial charge is 0.213 e. The fraction of sp³-hybridized carbons (Fsp3) is 0.417. The van der Waals surface area contributed by atoms with Gasteiger partial charge in [0.1, 0.15) is 6.10 Å². The zero-order valence-corrected chi connectivity index (χ0v) is 16.9. The number of likely N-dealkylation sites (tertiary alicyclic amines) is 1. The number of aryl methyl sites for hydroxylation is 1. The molecule has 1 aliphatic carbocycles. The van der Waals surface area contributed by atoms with Crippen LogP contribution in [0.4, 0.5) is 0 Å². The largest absolute Gasteiger partial charge is 0.472 e. The molecule has 0 radical (unpaired) electrons. The molecule has 29 heavy (non-hydrogen) atoms. The summed E-state index contributed by atoms with van der Waals surface area (Å²) in [5, 5.41) is 4.63. The van der Waals surface area contributed by atoms with Crippen LogP contribution in [0.1, 0.15) is 30.0 Å². The van der Waals surface area contributed by atoms with E-state index < -0.39 is 0 Å². The maximum Gasteiger partial charge on any atom is 0.213 e. The van der Waals surface area contributed by atoms with Gasteiger partial charge in [0, 0.05) is 38.1 Å². The number of fused-ring (bicyclic) bond motifs is 1. The third-order valence-electron chi connectivity index (χ3n) is 6.39. The van der Waals surface area contributed by atoms with Gasteiger partial charge in [-0.1, -0.05) is 36.4 Å². The van der Waals surface area contributed by atoms with Crippen molar-refractivity contribution in [2.24, 2.45) is 11.8 Å². The molecular weight excluding hydrogens is 360 g/mol. The standard InChI is InChI=1S/C24H28N4O/c1-18-13-26-28(14-18)22-11-20-16-27(15-19-7-3-2-4-8-19)17-21(20)12-23(22)29-24-9-5-6-10-25-24/h2-10,13-14,20-23H,11-12,15-17H2,1H3/t20-,21+,22-,23-/m0/s1. The fourth-order valence-corrected chi connectivity index (χ4v) is 5.05. The average Bonchev–Trinajstić information content (AvgIpc) is 3.34. The van der Waals surface area contributed by atoms with E-state index in [0.717, 1.165) is 32.5 Å². The third-order valence-corrected chi connectivity index (χ3v) is 6.39. The van der Waals surface area contributed by atoms with Crippen molar-refractivity contribution in [1.82, 2.24) is 19.7 Å². The normalized spacial score (nSPS) is 26.9. The van der Waals surface area contributed by atoms with E-state index in [-0.39, 0.29) is 12.1 Å². The van der Waals surface area contributed by atoms with Crippen LogP contribution in [0.15, 0.2) is 67.1 Å². The van der Waals surface area contributed by atoms with Gasteiger partial charge >= 0.3 is 0 Å². The van der Waals surface area contributed by atoms with E-state index in [1.807, 2.05) is 24.4 Å². The highest BCUT2D eigenvalue weighted by Crippen LogP contribution is 2.42. The summed E-state index contributed by atoms with van der Waals surface area (Å²) in [4.78, 5) is 7.01. The molecular formula is C24H28N4O. The molecule has 3 aromatic rings. The van der Waals surface area contributed by atoms with Gasteiger partial charge in [0.2, 0.25) is 5.88 Å². The van der Waals surface area contributed by atoms with Crippen LogP contribution in [-0.2, 0) is 6.54 Å². The monoisotopic (exact) mass is 388 g/mol. The Hall–Kier alpha value is -2.66. The van der Waals surface area contributed by atoms with Gasteiger partial charge in [-0.15, -0.1) is 0 Å². The summed E-state index contributed by atoms with van der Waals surface area (Å²) >= 11 is 0. The molecule has 4 atom stereocenters. The van der Waals surface area contributed by atoms with Crippen LogP contribution >= 0.6 is 0 Å². The minimum Gasteiger partial charge on any atom is -0.472 e. The Morgan fingerprint density at radius 1 is 1.00 bits per heavy atom. The number of pyridine rings is 1. The van der Waals surface area contributed by atoms with Crippen LogP contribution in [0.2, 0.25) is 0 Å². The predicted molar refractivity (Wildman–Crippen MR) is 113 cm³/mol. The lowest BCUT2D eigenvalue weighted by Crippen LogP contribution is -2.40. The maximum absolute atomic E-state index is 6.40. The summed E-state index contributed by atoms with van der Waals surface area (Å²) in [5.74, 6) is 2.07. The number of hydrogen-bond acceptors (Lipinski definition) is 4. The highest BCUT2D eigenvalue weighted by molar-refractivity contribution is 5.15. The second kappa shape index (κ2) is 7.99. The Balaban J connectivity index is 1.34. The summed E-state index contributed by atoms with van der Waals surface area (Å²) in [7, 11) is 0. The topological polar surface area (TPSA) is 43.2 Å². The minimum absolute atomic E-state index is 0.0992. The molecule has 150 valence electrons. The van der Waals surface area contributed by atoms with Gasteiger partial charge in [0.05, 0.1) is 12.2 Å². The summed E-state index contributed by atoms with van der Waals surface area (Å²) in [6, 6.07) is 16.9. The average molecular weight is 389 g/mol. The van der Waals surface area contributed by atoms with Crippen LogP contribution in [0.25, 0.3) is 0 Å². The molecule has 3 heterocycles. The van der Waals surface area contributed by atoms with Crippen LogP contribution in [0.3, 0.4) is 0 Å². The van der Waals surface area contributed by atoms with Gasteiger partial charge < -0.3 is 4.74 Å². The number of benzene rings is 1. The molecule has 0 amide bonds. The molecule has 0 bridgehead atoms. The molecule has 5 nitrogen and oxygen atoms in total. The zero-order valence-electron chi connectivity index (χ0n) is 16.9. The molecule has 2 aliphatic rings. The van der Waals surface area contributed by atoms with Crippen molar-refractivity contribution in [2.45, 2.75) is 38.5 Å². The first kappa shape index (κ1) is 18.4. The highest BCUT2D eigenvalue weighted by atomic mass is 16.5. The van der Waals surface area contributed by atoms with Crippen molar-refractivity contribution in [3.63, 3.8) is 0 Å². The van der Waals surface area contributed by atoms with Gasteiger partial charge in [-0.05, 0) is 48.8 Å². The fourth-order valence-electron chi connectivity index (χ4n) is 5.05. The van der Waals surface area contributed by atoms with Crippen molar-refractivity contribution >= 4 is 0 Å². The molecule has 5 heteroatoms. The third kappa shape index (κ3) is 4.06. The Labute approximate surface area is 172 Å². The number of rotatable bonds is 5. The maximum atomic E-state index is 6.40. The first-order valence-corrected chi connectivity index (χ1v) is 10.6. The van der Waals surface area contributed by atoms with E-state index in [2.05, 4.69) is 63.1 Å². The zero-order chi connectivity index (χ0) is 19.6. The van der Waals surface area contributed by atoms with E-state index in [4.69, 9.17) is 4.74 Å². The van der Waals surface area contributed by atoms with Crippen LogP contribution in [-0.4, -0.2) is 38.9 Å². The molecule has 0 unspecified atom stereocenters. The van der Waals surface area contributed by atoms with Gasteiger partial charge in [-0.25, -0.2) is 4.98 Å².